The molecule has 2 aliphatic rings. The third-order valence-corrected chi connectivity index (χ3v) is 28.6. The van der Waals surface area contributed by atoms with Crippen molar-refractivity contribution in [2.75, 3.05) is 9.80 Å². The number of hydrogen-bond donors (Lipinski definition) is 0. The number of fused-ring (bicyclic) bond motifs is 19. The van der Waals surface area contributed by atoms with Gasteiger partial charge in [-0.3, -0.25) is 0 Å². The molecule has 0 aliphatic heterocycles. The van der Waals surface area contributed by atoms with Crippen molar-refractivity contribution in [3.63, 3.8) is 0 Å². The van der Waals surface area contributed by atoms with Crippen molar-refractivity contribution in [2.24, 2.45) is 0 Å². The van der Waals surface area contributed by atoms with Crippen LogP contribution in [0, 0.1) is 0 Å². The molecule has 26 rings (SSSR count). The highest BCUT2D eigenvalue weighted by Crippen LogP contribution is 2.56. The molecular formula is C130H90N2O2. The summed E-state index contributed by atoms with van der Waals surface area (Å²) >= 11 is 0. The van der Waals surface area contributed by atoms with E-state index in [0.717, 1.165) is 78.0 Å². The zero-order valence-corrected chi connectivity index (χ0v) is 74.7. The number of furan rings is 2. The summed E-state index contributed by atoms with van der Waals surface area (Å²) in [6, 6.07) is 173. The van der Waals surface area contributed by atoms with Crippen LogP contribution >= 0.6 is 0 Å². The Morgan fingerprint density at radius 3 is 0.858 bits per heavy atom. The minimum atomic E-state index is -0.211. The summed E-state index contributed by atoms with van der Waals surface area (Å²) in [6.45, 7) is 9.57. The molecule has 0 radical (unpaired) electrons. The maximum absolute atomic E-state index is 6.26. The fourth-order valence-electron chi connectivity index (χ4n) is 21.6. The van der Waals surface area contributed by atoms with Gasteiger partial charge in [0.15, 0.2) is 0 Å². The monoisotopic (exact) mass is 1710 g/mol. The molecule has 22 aromatic carbocycles. The molecule has 632 valence electrons. The quantitative estimate of drug-likeness (QED) is 0.102. The third kappa shape index (κ3) is 13.6. The van der Waals surface area contributed by atoms with Gasteiger partial charge in [0.25, 0.3) is 0 Å². The van der Waals surface area contributed by atoms with Crippen LogP contribution in [-0.2, 0) is 10.8 Å². The van der Waals surface area contributed by atoms with Gasteiger partial charge in [-0.25, -0.2) is 0 Å². The van der Waals surface area contributed by atoms with Gasteiger partial charge in [0.1, 0.15) is 22.3 Å². The van der Waals surface area contributed by atoms with Gasteiger partial charge < -0.3 is 18.6 Å². The summed E-state index contributed by atoms with van der Waals surface area (Å²) in [5, 5.41) is 14.3. The molecule has 2 aromatic heterocycles. The molecule has 0 amide bonds. The molecule has 4 heteroatoms. The maximum atomic E-state index is 6.26. The van der Waals surface area contributed by atoms with Gasteiger partial charge in [-0.05, 0) is 293 Å². The van der Waals surface area contributed by atoms with Crippen molar-refractivity contribution in [3.8, 4) is 111 Å². The fraction of sp³-hybridized carbons (Fsp3) is 0.0462. The summed E-state index contributed by atoms with van der Waals surface area (Å²) < 4.78 is 12.4. The second-order valence-corrected chi connectivity index (χ2v) is 36.9. The van der Waals surface area contributed by atoms with Crippen LogP contribution in [0.3, 0.4) is 0 Å². The molecule has 0 fully saturated rings. The molecule has 0 unspecified atom stereocenters. The fourth-order valence-corrected chi connectivity index (χ4v) is 21.6. The molecular weight excluding hydrogens is 1620 g/mol. The number of benzene rings is 22. The maximum Gasteiger partial charge on any atom is 0.135 e. The average Bonchev–Trinajstić information content (AvgIpc) is 1.26. The molecule has 2 aliphatic carbocycles. The Kier molecular flexibility index (Phi) is 18.9. The zero-order chi connectivity index (χ0) is 89.3. The highest BCUT2D eigenvalue weighted by molar-refractivity contribution is 6.27. The standard InChI is InChI=1S/C66H43NO.C64H47NO/c1-3-11-44(12-4-1)46-19-23-48(24-20-46)50-27-33-54(34-28-50)67(55-35-29-51(30-36-55)49-25-21-47(22-26-49)45-13-5-2-6-14-45)56-37-39-60-59-38-31-52(41-62(59)57-15-7-8-16-58(57)63(60)43-56)53-32-40-66-64(42-53)61-17-9-10-18-65(61)68-66;1-63(2)56-36-42(40-15-7-5-8-16-40)23-28-49(56)51-30-26-45(38-58(51)63)65(46-27-31-52-50-29-24-43(41-17-9-6-10-18-41)37-57(50)64(3,4)59(52)39-46)60-33-32-47(48-19-11-12-20-53(48)60)44-25-34-62-55(35-44)54-21-13-14-22-61(54)66-62/h1-43H;5-39H,1-4H3. The van der Waals surface area contributed by atoms with Crippen molar-refractivity contribution in [1.82, 2.24) is 0 Å². The van der Waals surface area contributed by atoms with E-state index in [9.17, 15) is 0 Å². The van der Waals surface area contributed by atoms with E-state index in [1.165, 1.54) is 177 Å². The smallest absolute Gasteiger partial charge is 0.135 e. The van der Waals surface area contributed by atoms with E-state index in [2.05, 4.69) is 492 Å². The number of rotatable bonds is 14. The Labute approximate surface area is 779 Å². The third-order valence-electron chi connectivity index (χ3n) is 28.6. The lowest BCUT2D eigenvalue weighted by atomic mass is 9.81. The van der Waals surface area contributed by atoms with Gasteiger partial charge in [0.05, 0.1) is 5.69 Å². The van der Waals surface area contributed by atoms with Crippen LogP contribution < -0.4 is 9.80 Å². The molecule has 0 N–H and O–H groups in total. The number of hydrogen-bond acceptors (Lipinski definition) is 4. The summed E-state index contributed by atoms with van der Waals surface area (Å²) in [7, 11) is 0. The molecule has 4 nitrogen and oxygen atoms in total. The first-order valence-electron chi connectivity index (χ1n) is 46.5. The van der Waals surface area contributed by atoms with Crippen LogP contribution in [0.15, 0.2) is 482 Å². The van der Waals surface area contributed by atoms with Crippen molar-refractivity contribution in [3.05, 3.63) is 495 Å². The second-order valence-electron chi connectivity index (χ2n) is 36.9. The normalized spacial score (nSPS) is 12.7. The molecule has 0 atom stereocenters. The average molecular weight is 1710 g/mol. The van der Waals surface area contributed by atoms with E-state index >= 15 is 0 Å². The van der Waals surface area contributed by atoms with Crippen molar-refractivity contribution in [1.29, 1.82) is 0 Å². The second kappa shape index (κ2) is 32.0. The van der Waals surface area contributed by atoms with Crippen LogP contribution in [0.2, 0.25) is 0 Å². The van der Waals surface area contributed by atoms with E-state index in [1.54, 1.807) is 0 Å². The summed E-state index contributed by atoms with van der Waals surface area (Å²) in [6.07, 6.45) is 0. The van der Waals surface area contributed by atoms with Crippen molar-refractivity contribution < 1.29 is 8.83 Å². The minimum Gasteiger partial charge on any atom is -0.456 e. The van der Waals surface area contributed by atoms with Crippen LogP contribution in [0.5, 0.6) is 0 Å². The highest BCUT2D eigenvalue weighted by Gasteiger charge is 2.39. The lowest BCUT2D eigenvalue weighted by Crippen LogP contribution is -2.18. The predicted octanol–water partition coefficient (Wildman–Crippen LogP) is 36.7. The van der Waals surface area contributed by atoms with E-state index in [-0.39, 0.29) is 10.8 Å². The summed E-state index contributed by atoms with van der Waals surface area (Å²) in [4.78, 5) is 4.91. The van der Waals surface area contributed by atoms with Crippen LogP contribution in [0.4, 0.5) is 34.1 Å². The van der Waals surface area contributed by atoms with Crippen molar-refractivity contribution in [2.45, 2.75) is 38.5 Å². The van der Waals surface area contributed by atoms with E-state index in [4.69, 9.17) is 8.83 Å². The number of para-hydroxylation sites is 2. The minimum absolute atomic E-state index is 0.211. The Bertz CT molecular complexity index is 8450. The summed E-state index contributed by atoms with van der Waals surface area (Å²) in [5.74, 6) is 0. The molecule has 0 saturated carbocycles. The number of nitrogens with zero attached hydrogens (tertiary/aromatic N) is 2. The van der Waals surface area contributed by atoms with E-state index in [1.807, 2.05) is 18.2 Å². The Morgan fingerprint density at radius 1 is 0.149 bits per heavy atom. The van der Waals surface area contributed by atoms with E-state index in [0.29, 0.717) is 0 Å². The van der Waals surface area contributed by atoms with Gasteiger partial charge >= 0.3 is 0 Å². The summed E-state index contributed by atoms with van der Waals surface area (Å²) in [5.41, 5.74) is 39.9. The largest absolute Gasteiger partial charge is 0.456 e. The first kappa shape index (κ1) is 79.3. The topological polar surface area (TPSA) is 32.8 Å². The molecule has 0 spiro atoms. The Balaban J connectivity index is 0.000000143. The molecule has 24 aromatic rings. The van der Waals surface area contributed by atoms with Gasteiger partial charge in [0, 0.05) is 66.2 Å². The highest BCUT2D eigenvalue weighted by atomic mass is 16.3. The predicted molar refractivity (Wildman–Crippen MR) is 565 cm³/mol. The van der Waals surface area contributed by atoms with Gasteiger partial charge in [-0.1, -0.05) is 380 Å². The molecule has 0 bridgehead atoms. The first-order chi connectivity index (χ1) is 65.9. The first-order valence-corrected chi connectivity index (χ1v) is 46.5. The van der Waals surface area contributed by atoms with Gasteiger partial charge in [-0.15, -0.1) is 0 Å². The molecule has 2 heterocycles. The molecule has 134 heavy (non-hydrogen) atoms. The van der Waals surface area contributed by atoms with Crippen molar-refractivity contribution >= 4 is 121 Å². The van der Waals surface area contributed by atoms with Gasteiger partial charge in [0.2, 0.25) is 0 Å². The zero-order valence-electron chi connectivity index (χ0n) is 74.7. The SMILES string of the molecule is CC1(C)c2cc(-c3ccccc3)ccc2-c2ccc(N(c3ccc4c(c3)C(C)(C)c3cc(-c5ccccc5)ccc3-4)c3ccc(-c4ccc5oc6ccccc6c5c4)c4ccccc34)cc21.c1ccc(-c2ccc(-c3ccc(N(c4ccc(-c5ccc(-c6ccccc6)cc5)cc4)c4ccc5c6ccc(-c7ccc8oc9ccccc9c8c7)cc6c6ccccc6c5c4)cc3)cc2)cc1. The lowest BCUT2D eigenvalue weighted by molar-refractivity contribution is 0.660. The Morgan fingerprint density at radius 2 is 0.410 bits per heavy atom. The number of anilines is 6. The van der Waals surface area contributed by atoms with Crippen LogP contribution in [0.1, 0.15) is 49.9 Å². The van der Waals surface area contributed by atoms with Crippen LogP contribution in [0.25, 0.3) is 198 Å². The van der Waals surface area contributed by atoms with Gasteiger partial charge in [-0.2, -0.15) is 0 Å². The Hall–Kier alpha value is -16.9. The van der Waals surface area contributed by atoms with E-state index < -0.39 is 0 Å². The van der Waals surface area contributed by atoms with Crippen LogP contribution in [-0.4, -0.2) is 0 Å². The lowest BCUT2D eigenvalue weighted by Gasteiger charge is -2.31. The molecule has 0 saturated heterocycles.